The minimum absolute atomic E-state index is 0.161. The minimum Gasteiger partial charge on any atom is -0.481 e. The normalized spacial score (nSPS) is 24.7. The summed E-state index contributed by atoms with van der Waals surface area (Å²) in [7, 11) is 1.52. The number of aliphatic hydroxyl groups is 1. The maximum absolute atomic E-state index is 14.1. The standard InChI is InChI=1S/C19H24FN3O2/c1-13(16-10-18(25-2)22-12-17(16)20)23-15-5-7-19(24,8-6-15)14-4-3-9-21-11-14/h3-4,9-13,15,23-24H,5-8H2,1-2H3. The fourth-order valence-electron chi connectivity index (χ4n) is 3.51. The molecule has 1 aliphatic carbocycles. The second-order valence-electron chi connectivity index (χ2n) is 6.68. The summed E-state index contributed by atoms with van der Waals surface area (Å²) in [5.41, 5.74) is 0.590. The zero-order valence-corrected chi connectivity index (χ0v) is 14.6. The van der Waals surface area contributed by atoms with Crippen molar-refractivity contribution in [2.75, 3.05) is 7.11 Å². The van der Waals surface area contributed by atoms with Gasteiger partial charge in [0.2, 0.25) is 5.88 Å². The van der Waals surface area contributed by atoms with Gasteiger partial charge in [0.1, 0.15) is 5.82 Å². The van der Waals surface area contributed by atoms with Gasteiger partial charge in [-0.2, -0.15) is 0 Å². The van der Waals surface area contributed by atoms with Crippen LogP contribution in [0.5, 0.6) is 5.88 Å². The fourth-order valence-corrected chi connectivity index (χ4v) is 3.51. The van der Waals surface area contributed by atoms with Crippen LogP contribution >= 0.6 is 0 Å². The van der Waals surface area contributed by atoms with E-state index in [-0.39, 0.29) is 17.9 Å². The number of hydrogen-bond donors (Lipinski definition) is 2. The fraction of sp³-hybridized carbons (Fsp3) is 0.474. The third-order valence-corrected chi connectivity index (χ3v) is 5.03. The summed E-state index contributed by atoms with van der Waals surface area (Å²) in [6.45, 7) is 1.93. The van der Waals surface area contributed by atoms with Gasteiger partial charge in [0, 0.05) is 41.7 Å². The summed E-state index contributed by atoms with van der Waals surface area (Å²) in [6.07, 6.45) is 7.58. The molecule has 1 atom stereocenters. The molecule has 0 radical (unpaired) electrons. The maximum Gasteiger partial charge on any atom is 0.213 e. The molecule has 1 fully saturated rings. The molecule has 2 N–H and O–H groups in total. The second-order valence-corrected chi connectivity index (χ2v) is 6.68. The van der Waals surface area contributed by atoms with Gasteiger partial charge in [0.25, 0.3) is 0 Å². The van der Waals surface area contributed by atoms with Crippen LogP contribution in [0.4, 0.5) is 4.39 Å². The Morgan fingerprint density at radius 1 is 1.36 bits per heavy atom. The van der Waals surface area contributed by atoms with Crippen LogP contribution in [-0.2, 0) is 5.60 Å². The Kier molecular flexibility index (Phi) is 5.30. The van der Waals surface area contributed by atoms with Crippen LogP contribution in [0.25, 0.3) is 0 Å². The van der Waals surface area contributed by atoms with Crippen molar-refractivity contribution in [3.05, 3.63) is 53.7 Å². The summed E-state index contributed by atoms with van der Waals surface area (Å²) in [6, 6.07) is 5.46. The van der Waals surface area contributed by atoms with Crippen LogP contribution in [0.2, 0.25) is 0 Å². The lowest BCUT2D eigenvalue weighted by molar-refractivity contribution is -0.00954. The van der Waals surface area contributed by atoms with E-state index in [1.54, 1.807) is 18.5 Å². The number of nitrogens with zero attached hydrogens (tertiary/aromatic N) is 2. The number of ether oxygens (including phenoxy) is 1. The van der Waals surface area contributed by atoms with Crippen LogP contribution in [0.1, 0.15) is 49.8 Å². The largest absolute Gasteiger partial charge is 0.481 e. The molecule has 0 aliphatic heterocycles. The van der Waals surface area contributed by atoms with E-state index in [2.05, 4.69) is 15.3 Å². The highest BCUT2D eigenvalue weighted by Gasteiger charge is 2.35. The molecule has 1 aliphatic rings. The summed E-state index contributed by atoms with van der Waals surface area (Å²) in [5, 5.41) is 14.3. The molecule has 0 saturated heterocycles. The topological polar surface area (TPSA) is 67.3 Å². The molecule has 3 rings (SSSR count). The molecule has 1 unspecified atom stereocenters. The van der Waals surface area contributed by atoms with Gasteiger partial charge in [-0.05, 0) is 38.7 Å². The lowest BCUT2D eigenvalue weighted by Gasteiger charge is -2.37. The van der Waals surface area contributed by atoms with Gasteiger partial charge < -0.3 is 15.2 Å². The van der Waals surface area contributed by atoms with Crippen LogP contribution < -0.4 is 10.1 Å². The van der Waals surface area contributed by atoms with Gasteiger partial charge in [-0.3, -0.25) is 4.98 Å². The van der Waals surface area contributed by atoms with E-state index in [1.807, 2.05) is 19.1 Å². The summed E-state index contributed by atoms with van der Waals surface area (Å²) in [5.74, 6) is 0.0584. The molecule has 0 spiro atoms. The van der Waals surface area contributed by atoms with E-state index < -0.39 is 5.60 Å². The molecule has 6 heteroatoms. The van der Waals surface area contributed by atoms with E-state index in [1.165, 1.54) is 13.3 Å². The molecular formula is C19H24FN3O2. The highest BCUT2D eigenvalue weighted by molar-refractivity contribution is 5.25. The van der Waals surface area contributed by atoms with Crippen molar-refractivity contribution in [2.45, 2.75) is 50.3 Å². The molecule has 2 heterocycles. The van der Waals surface area contributed by atoms with E-state index >= 15 is 0 Å². The third kappa shape index (κ3) is 3.96. The van der Waals surface area contributed by atoms with Crippen molar-refractivity contribution >= 4 is 0 Å². The van der Waals surface area contributed by atoms with Crippen LogP contribution in [0.15, 0.2) is 36.8 Å². The highest BCUT2D eigenvalue weighted by Crippen LogP contribution is 2.37. The Morgan fingerprint density at radius 2 is 2.12 bits per heavy atom. The number of rotatable bonds is 5. The molecule has 5 nitrogen and oxygen atoms in total. The number of pyridine rings is 2. The average Bonchev–Trinajstić information content (AvgIpc) is 2.65. The van der Waals surface area contributed by atoms with E-state index in [9.17, 15) is 9.50 Å². The zero-order chi connectivity index (χ0) is 17.9. The predicted molar refractivity (Wildman–Crippen MR) is 92.7 cm³/mol. The molecule has 134 valence electrons. The second kappa shape index (κ2) is 7.45. The van der Waals surface area contributed by atoms with Gasteiger partial charge in [0.15, 0.2) is 0 Å². The summed E-state index contributed by atoms with van der Waals surface area (Å²) >= 11 is 0. The Hall–Kier alpha value is -2.05. The molecule has 1 saturated carbocycles. The Labute approximate surface area is 147 Å². The van der Waals surface area contributed by atoms with E-state index in [0.717, 1.165) is 18.4 Å². The van der Waals surface area contributed by atoms with Crippen molar-refractivity contribution in [1.29, 1.82) is 0 Å². The predicted octanol–water partition coefficient (Wildman–Crippen LogP) is 3.11. The Balaban J connectivity index is 1.62. The molecular weight excluding hydrogens is 321 g/mol. The smallest absolute Gasteiger partial charge is 0.213 e. The van der Waals surface area contributed by atoms with Crippen LogP contribution in [0.3, 0.4) is 0 Å². The number of methoxy groups -OCH3 is 1. The first-order chi connectivity index (χ1) is 12.0. The molecule has 2 aromatic rings. The molecule has 0 aromatic carbocycles. The van der Waals surface area contributed by atoms with Gasteiger partial charge in [0.05, 0.1) is 18.9 Å². The lowest BCUT2D eigenvalue weighted by Crippen LogP contribution is -2.40. The SMILES string of the molecule is COc1cc(C(C)NC2CCC(O)(c3cccnc3)CC2)c(F)cn1. The molecule has 0 amide bonds. The first kappa shape index (κ1) is 17.8. The van der Waals surface area contributed by atoms with Crippen molar-refractivity contribution < 1.29 is 14.2 Å². The first-order valence-electron chi connectivity index (χ1n) is 8.60. The third-order valence-electron chi connectivity index (χ3n) is 5.03. The number of aromatic nitrogens is 2. The summed E-state index contributed by atoms with van der Waals surface area (Å²) in [4.78, 5) is 7.98. The van der Waals surface area contributed by atoms with E-state index in [4.69, 9.17) is 4.74 Å². The molecule has 25 heavy (non-hydrogen) atoms. The van der Waals surface area contributed by atoms with Crippen molar-refractivity contribution in [3.8, 4) is 5.88 Å². The number of nitrogens with one attached hydrogen (secondary N) is 1. The maximum atomic E-state index is 14.1. The lowest BCUT2D eigenvalue weighted by atomic mass is 9.78. The summed E-state index contributed by atoms with van der Waals surface area (Å²) < 4.78 is 19.1. The average molecular weight is 345 g/mol. The van der Waals surface area contributed by atoms with Gasteiger partial charge >= 0.3 is 0 Å². The van der Waals surface area contributed by atoms with Crippen molar-refractivity contribution in [1.82, 2.24) is 15.3 Å². The number of halogens is 1. The number of hydrogen-bond acceptors (Lipinski definition) is 5. The van der Waals surface area contributed by atoms with Crippen molar-refractivity contribution in [3.63, 3.8) is 0 Å². The zero-order valence-electron chi connectivity index (χ0n) is 14.6. The van der Waals surface area contributed by atoms with E-state index in [0.29, 0.717) is 24.3 Å². The van der Waals surface area contributed by atoms with Gasteiger partial charge in [-0.1, -0.05) is 6.07 Å². The Morgan fingerprint density at radius 3 is 2.76 bits per heavy atom. The molecule has 2 aromatic heterocycles. The van der Waals surface area contributed by atoms with Crippen LogP contribution in [-0.4, -0.2) is 28.2 Å². The monoisotopic (exact) mass is 345 g/mol. The van der Waals surface area contributed by atoms with Crippen LogP contribution in [0, 0.1) is 5.82 Å². The van der Waals surface area contributed by atoms with Gasteiger partial charge in [-0.25, -0.2) is 9.37 Å². The molecule has 0 bridgehead atoms. The first-order valence-corrected chi connectivity index (χ1v) is 8.60. The quantitative estimate of drug-likeness (QED) is 0.872. The van der Waals surface area contributed by atoms with Crippen molar-refractivity contribution in [2.24, 2.45) is 0 Å². The highest BCUT2D eigenvalue weighted by atomic mass is 19.1. The Bertz CT molecular complexity index is 703. The minimum atomic E-state index is -0.819. The van der Waals surface area contributed by atoms with Gasteiger partial charge in [-0.15, -0.1) is 0 Å².